The number of hydrogen-bond donors (Lipinski definition) is 2. The summed E-state index contributed by atoms with van der Waals surface area (Å²) in [5, 5.41) is 5.09. The Morgan fingerprint density at radius 3 is 3.11 bits per heavy atom. The van der Waals surface area contributed by atoms with Gasteiger partial charge in [0.15, 0.2) is 0 Å². The number of benzene rings is 1. The van der Waals surface area contributed by atoms with E-state index in [0.717, 1.165) is 29.4 Å². The van der Waals surface area contributed by atoms with Crippen LogP contribution in [0.25, 0.3) is 10.8 Å². The standard InChI is InChI=1S/C14H16N4O/c15-14-12-2-1-10(7-11(12)3-4-17-14)9-18-6-5-16-8-13(18)19/h1-4,7,16H,5-6,8-9H2,(H2,15,17). The van der Waals surface area contributed by atoms with E-state index in [1.165, 1.54) is 0 Å². The second kappa shape index (κ2) is 4.85. The minimum Gasteiger partial charge on any atom is -0.383 e. The molecule has 0 aliphatic carbocycles. The van der Waals surface area contributed by atoms with Crippen LogP contribution in [0.1, 0.15) is 5.56 Å². The molecule has 5 heteroatoms. The van der Waals surface area contributed by atoms with E-state index in [0.29, 0.717) is 18.9 Å². The number of nitrogens with two attached hydrogens (primary N) is 1. The van der Waals surface area contributed by atoms with Gasteiger partial charge in [0, 0.05) is 31.2 Å². The minimum absolute atomic E-state index is 0.153. The zero-order chi connectivity index (χ0) is 13.2. The van der Waals surface area contributed by atoms with Gasteiger partial charge < -0.3 is 16.0 Å². The third kappa shape index (κ3) is 2.37. The van der Waals surface area contributed by atoms with Crippen LogP contribution in [0.2, 0.25) is 0 Å². The van der Waals surface area contributed by atoms with Crippen LogP contribution in [0.15, 0.2) is 30.5 Å². The summed E-state index contributed by atoms with van der Waals surface area (Å²) in [6, 6.07) is 7.99. The van der Waals surface area contributed by atoms with Gasteiger partial charge in [0.25, 0.3) is 0 Å². The molecule has 2 heterocycles. The Morgan fingerprint density at radius 2 is 2.26 bits per heavy atom. The molecule has 5 nitrogen and oxygen atoms in total. The first kappa shape index (κ1) is 11.9. The van der Waals surface area contributed by atoms with Crippen LogP contribution in [-0.4, -0.2) is 35.4 Å². The maximum absolute atomic E-state index is 11.7. The topological polar surface area (TPSA) is 71.2 Å². The maximum atomic E-state index is 11.7. The molecule has 0 unspecified atom stereocenters. The average Bonchev–Trinajstić information content (AvgIpc) is 2.42. The maximum Gasteiger partial charge on any atom is 0.236 e. The largest absolute Gasteiger partial charge is 0.383 e. The molecule has 1 fully saturated rings. The van der Waals surface area contributed by atoms with E-state index in [1.807, 2.05) is 23.1 Å². The summed E-state index contributed by atoms with van der Waals surface area (Å²) < 4.78 is 0. The summed E-state index contributed by atoms with van der Waals surface area (Å²) in [7, 11) is 0. The first-order chi connectivity index (χ1) is 9.24. The minimum atomic E-state index is 0.153. The number of aromatic nitrogens is 1. The van der Waals surface area contributed by atoms with E-state index in [-0.39, 0.29) is 5.91 Å². The fourth-order valence-electron chi connectivity index (χ4n) is 2.38. The fourth-order valence-corrected chi connectivity index (χ4v) is 2.38. The van der Waals surface area contributed by atoms with E-state index < -0.39 is 0 Å². The van der Waals surface area contributed by atoms with E-state index in [2.05, 4.69) is 16.4 Å². The van der Waals surface area contributed by atoms with Crippen LogP contribution >= 0.6 is 0 Å². The summed E-state index contributed by atoms with van der Waals surface area (Å²) >= 11 is 0. The lowest BCUT2D eigenvalue weighted by molar-refractivity contribution is -0.132. The number of carbonyl (C=O) groups is 1. The van der Waals surface area contributed by atoms with Crippen LogP contribution in [0.3, 0.4) is 0 Å². The lowest BCUT2D eigenvalue weighted by Gasteiger charge is -2.27. The molecule has 0 spiro atoms. The van der Waals surface area contributed by atoms with Crippen molar-refractivity contribution in [1.82, 2.24) is 15.2 Å². The van der Waals surface area contributed by atoms with Gasteiger partial charge in [-0.25, -0.2) is 4.98 Å². The summed E-state index contributed by atoms with van der Waals surface area (Å²) in [6.45, 7) is 2.70. The van der Waals surface area contributed by atoms with E-state index in [9.17, 15) is 4.79 Å². The monoisotopic (exact) mass is 256 g/mol. The number of rotatable bonds is 2. The summed E-state index contributed by atoms with van der Waals surface area (Å²) in [5.74, 6) is 0.697. The number of nitrogens with zero attached hydrogens (tertiary/aromatic N) is 2. The molecule has 1 aliphatic rings. The van der Waals surface area contributed by atoms with Gasteiger partial charge in [-0.3, -0.25) is 4.79 Å². The van der Waals surface area contributed by atoms with Crippen molar-refractivity contribution < 1.29 is 4.79 Å². The van der Waals surface area contributed by atoms with Crippen molar-refractivity contribution in [2.45, 2.75) is 6.54 Å². The number of carbonyl (C=O) groups excluding carboxylic acids is 1. The number of piperazine rings is 1. The number of pyridine rings is 1. The van der Waals surface area contributed by atoms with Crippen molar-refractivity contribution >= 4 is 22.5 Å². The molecule has 0 radical (unpaired) electrons. The highest BCUT2D eigenvalue weighted by molar-refractivity contribution is 5.91. The Kier molecular flexibility index (Phi) is 3.05. The molecule has 0 saturated carbocycles. The third-order valence-electron chi connectivity index (χ3n) is 3.42. The van der Waals surface area contributed by atoms with Crippen molar-refractivity contribution in [2.24, 2.45) is 0 Å². The number of nitrogen functional groups attached to an aromatic ring is 1. The number of anilines is 1. The molecular formula is C14H16N4O. The van der Waals surface area contributed by atoms with Gasteiger partial charge in [0.1, 0.15) is 5.82 Å². The molecule has 1 saturated heterocycles. The number of hydrogen-bond acceptors (Lipinski definition) is 4. The highest BCUT2D eigenvalue weighted by Crippen LogP contribution is 2.20. The number of amides is 1. The summed E-state index contributed by atoms with van der Waals surface area (Å²) in [5.41, 5.74) is 6.95. The van der Waals surface area contributed by atoms with Crippen LogP contribution < -0.4 is 11.1 Å². The van der Waals surface area contributed by atoms with Crippen molar-refractivity contribution in [3.8, 4) is 0 Å². The summed E-state index contributed by atoms with van der Waals surface area (Å²) in [4.78, 5) is 17.7. The van der Waals surface area contributed by atoms with Crippen molar-refractivity contribution in [2.75, 3.05) is 25.4 Å². The number of fused-ring (bicyclic) bond motifs is 1. The van der Waals surface area contributed by atoms with Crippen molar-refractivity contribution in [3.05, 3.63) is 36.0 Å². The zero-order valence-electron chi connectivity index (χ0n) is 10.6. The average molecular weight is 256 g/mol. The van der Waals surface area contributed by atoms with Crippen molar-refractivity contribution in [3.63, 3.8) is 0 Å². The first-order valence-corrected chi connectivity index (χ1v) is 6.35. The summed E-state index contributed by atoms with van der Waals surface area (Å²) in [6.07, 6.45) is 1.71. The van der Waals surface area contributed by atoms with Crippen LogP contribution in [0, 0.1) is 0 Å². The first-order valence-electron chi connectivity index (χ1n) is 6.35. The van der Waals surface area contributed by atoms with E-state index in [4.69, 9.17) is 5.73 Å². The second-order valence-corrected chi connectivity index (χ2v) is 4.74. The van der Waals surface area contributed by atoms with Gasteiger partial charge in [0.2, 0.25) is 5.91 Å². The smallest absolute Gasteiger partial charge is 0.236 e. The molecule has 3 rings (SSSR count). The molecule has 1 aliphatic heterocycles. The van der Waals surface area contributed by atoms with Gasteiger partial charge >= 0.3 is 0 Å². The molecule has 1 amide bonds. The molecular weight excluding hydrogens is 240 g/mol. The van der Waals surface area contributed by atoms with Gasteiger partial charge in [-0.05, 0) is 23.1 Å². The van der Waals surface area contributed by atoms with Crippen molar-refractivity contribution in [1.29, 1.82) is 0 Å². The van der Waals surface area contributed by atoms with Gasteiger partial charge in [-0.2, -0.15) is 0 Å². The Bertz CT molecular complexity index is 626. The molecule has 98 valence electrons. The van der Waals surface area contributed by atoms with Gasteiger partial charge in [-0.15, -0.1) is 0 Å². The molecule has 0 bridgehead atoms. The van der Waals surface area contributed by atoms with Gasteiger partial charge in [-0.1, -0.05) is 12.1 Å². The molecule has 1 aromatic carbocycles. The lowest BCUT2D eigenvalue weighted by Crippen LogP contribution is -2.47. The molecule has 2 aromatic rings. The Balaban J connectivity index is 1.87. The lowest BCUT2D eigenvalue weighted by atomic mass is 10.1. The van der Waals surface area contributed by atoms with E-state index >= 15 is 0 Å². The normalized spacial score (nSPS) is 16.0. The predicted molar refractivity (Wildman–Crippen MR) is 74.4 cm³/mol. The Morgan fingerprint density at radius 1 is 1.37 bits per heavy atom. The second-order valence-electron chi connectivity index (χ2n) is 4.74. The zero-order valence-corrected chi connectivity index (χ0v) is 10.6. The molecule has 0 atom stereocenters. The van der Waals surface area contributed by atoms with Crippen LogP contribution in [-0.2, 0) is 11.3 Å². The molecule has 19 heavy (non-hydrogen) atoms. The third-order valence-corrected chi connectivity index (χ3v) is 3.42. The van der Waals surface area contributed by atoms with Crippen LogP contribution in [0.5, 0.6) is 0 Å². The Hall–Kier alpha value is -2.14. The van der Waals surface area contributed by atoms with Crippen LogP contribution in [0.4, 0.5) is 5.82 Å². The highest BCUT2D eigenvalue weighted by atomic mass is 16.2. The number of nitrogens with one attached hydrogen (secondary N) is 1. The van der Waals surface area contributed by atoms with Gasteiger partial charge in [0.05, 0.1) is 6.54 Å². The fraction of sp³-hybridized carbons (Fsp3) is 0.286. The highest BCUT2D eigenvalue weighted by Gasteiger charge is 2.17. The molecule has 3 N–H and O–H groups in total. The van der Waals surface area contributed by atoms with E-state index in [1.54, 1.807) is 6.20 Å². The Labute approximate surface area is 111 Å². The quantitative estimate of drug-likeness (QED) is 0.831. The SMILES string of the molecule is Nc1nccc2cc(CN3CCNCC3=O)ccc12. The molecule has 1 aromatic heterocycles. The predicted octanol–water partition coefficient (Wildman–Crippen LogP) is 0.749.